The van der Waals surface area contributed by atoms with Crippen molar-refractivity contribution in [1.29, 1.82) is 0 Å². The summed E-state index contributed by atoms with van der Waals surface area (Å²) in [6, 6.07) is 11.1. The van der Waals surface area contributed by atoms with Gasteiger partial charge < -0.3 is 14.8 Å². The fourth-order valence-electron chi connectivity index (χ4n) is 2.57. The summed E-state index contributed by atoms with van der Waals surface area (Å²) in [6.07, 6.45) is 1.20. The quantitative estimate of drug-likeness (QED) is 0.754. The summed E-state index contributed by atoms with van der Waals surface area (Å²) in [4.78, 5) is 0. The third-order valence-corrected chi connectivity index (χ3v) is 3.75. The van der Waals surface area contributed by atoms with E-state index < -0.39 is 0 Å². The second-order valence-electron chi connectivity index (χ2n) is 6.08. The molecule has 0 aliphatic heterocycles. The smallest absolute Gasteiger partial charge is 0.0928 e. The summed E-state index contributed by atoms with van der Waals surface area (Å²) in [5.41, 5.74) is 1.55. The summed E-state index contributed by atoms with van der Waals surface area (Å²) in [7, 11) is 3.43. The molecule has 1 rings (SSSR count). The molecule has 0 spiro atoms. The van der Waals surface area contributed by atoms with Crippen LogP contribution in [0.25, 0.3) is 0 Å². The highest BCUT2D eigenvalue weighted by Crippen LogP contribution is 2.28. The predicted octanol–water partition coefficient (Wildman–Crippen LogP) is 2.99. The van der Waals surface area contributed by atoms with E-state index in [9.17, 15) is 0 Å². The van der Waals surface area contributed by atoms with E-state index in [0.717, 1.165) is 13.0 Å². The molecule has 0 fully saturated rings. The van der Waals surface area contributed by atoms with Crippen LogP contribution in [0.15, 0.2) is 30.3 Å². The molecule has 114 valence electrons. The largest absolute Gasteiger partial charge is 0.382 e. The first kappa shape index (κ1) is 17.2. The summed E-state index contributed by atoms with van der Waals surface area (Å²) in [5, 5.41) is 3.54. The first-order valence-electron chi connectivity index (χ1n) is 7.30. The molecule has 1 N–H and O–H groups in total. The van der Waals surface area contributed by atoms with Gasteiger partial charge in [-0.3, -0.25) is 0 Å². The van der Waals surface area contributed by atoms with Crippen LogP contribution in [0.4, 0.5) is 0 Å². The molecular weight excluding hydrogens is 250 g/mol. The monoisotopic (exact) mass is 279 g/mol. The van der Waals surface area contributed by atoms with Gasteiger partial charge in [-0.25, -0.2) is 0 Å². The van der Waals surface area contributed by atoms with Crippen molar-refractivity contribution in [3.05, 3.63) is 35.9 Å². The zero-order valence-corrected chi connectivity index (χ0v) is 13.5. The lowest BCUT2D eigenvalue weighted by Gasteiger charge is -2.30. The van der Waals surface area contributed by atoms with E-state index >= 15 is 0 Å². The molecule has 0 saturated heterocycles. The molecule has 3 heteroatoms. The van der Waals surface area contributed by atoms with E-state index in [0.29, 0.717) is 12.6 Å². The van der Waals surface area contributed by atoms with Gasteiger partial charge in [0.05, 0.1) is 12.7 Å². The van der Waals surface area contributed by atoms with Crippen molar-refractivity contribution in [2.75, 3.05) is 27.4 Å². The molecule has 3 nitrogen and oxygen atoms in total. The van der Waals surface area contributed by atoms with E-state index in [4.69, 9.17) is 9.47 Å². The van der Waals surface area contributed by atoms with E-state index in [2.05, 4.69) is 56.4 Å². The molecule has 0 saturated carbocycles. The van der Waals surface area contributed by atoms with Crippen LogP contribution >= 0.6 is 0 Å². The molecule has 2 unspecified atom stereocenters. The van der Waals surface area contributed by atoms with Crippen LogP contribution in [0.2, 0.25) is 0 Å². The van der Waals surface area contributed by atoms with Gasteiger partial charge >= 0.3 is 0 Å². The number of methoxy groups -OCH3 is 2. The van der Waals surface area contributed by atoms with Gasteiger partial charge in [0.15, 0.2) is 0 Å². The van der Waals surface area contributed by atoms with E-state index in [-0.39, 0.29) is 11.5 Å². The topological polar surface area (TPSA) is 30.5 Å². The molecule has 0 radical (unpaired) electrons. The minimum Gasteiger partial charge on any atom is -0.382 e. The SMILES string of the molecule is COCC(CNC(C)CC(C)(C)c1ccccc1)OC. The lowest BCUT2D eigenvalue weighted by atomic mass is 9.79. The first-order valence-corrected chi connectivity index (χ1v) is 7.30. The molecule has 0 heterocycles. The van der Waals surface area contributed by atoms with Crippen molar-refractivity contribution in [2.45, 2.75) is 44.8 Å². The molecule has 20 heavy (non-hydrogen) atoms. The van der Waals surface area contributed by atoms with Crippen LogP contribution in [-0.2, 0) is 14.9 Å². The molecule has 1 aromatic rings. The standard InChI is InChI=1S/C17H29NO2/c1-14(18-12-16(20-5)13-19-4)11-17(2,3)15-9-7-6-8-10-15/h6-10,14,16,18H,11-13H2,1-5H3. The molecule has 2 atom stereocenters. The van der Waals surface area contributed by atoms with Gasteiger partial charge in [0, 0.05) is 26.8 Å². The summed E-state index contributed by atoms with van der Waals surface area (Å²) < 4.78 is 10.5. The average molecular weight is 279 g/mol. The highest BCUT2D eigenvalue weighted by Gasteiger charge is 2.23. The van der Waals surface area contributed by atoms with Crippen LogP contribution in [0.3, 0.4) is 0 Å². The van der Waals surface area contributed by atoms with Gasteiger partial charge in [0.1, 0.15) is 0 Å². The Balaban J connectivity index is 2.47. The van der Waals surface area contributed by atoms with Crippen molar-refractivity contribution >= 4 is 0 Å². The Labute approximate surface area is 123 Å². The van der Waals surface area contributed by atoms with E-state index in [1.165, 1.54) is 5.56 Å². The maximum absolute atomic E-state index is 5.37. The molecular formula is C17H29NO2. The average Bonchev–Trinajstić information content (AvgIpc) is 2.44. The Morgan fingerprint density at radius 3 is 2.35 bits per heavy atom. The third-order valence-electron chi connectivity index (χ3n) is 3.75. The van der Waals surface area contributed by atoms with Crippen LogP contribution in [0.5, 0.6) is 0 Å². The van der Waals surface area contributed by atoms with E-state index in [1.807, 2.05) is 0 Å². The maximum Gasteiger partial charge on any atom is 0.0928 e. The summed E-state index contributed by atoms with van der Waals surface area (Å²) >= 11 is 0. The molecule has 0 aliphatic rings. The van der Waals surface area contributed by atoms with Crippen molar-refractivity contribution in [3.8, 4) is 0 Å². The first-order chi connectivity index (χ1) is 9.49. The molecule has 0 aromatic heterocycles. The van der Waals surface area contributed by atoms with Gasteiger partial charge in [-0.2, -0.15) is 0 Å². The lowest BCUT2D eigenvalue weighted by Crippen LogP contribution is -2.39. The van der Waals surface area contributed by atoms with Crippen LogP contribution in [0, 0.1) is 0 Å². The molecule has 1 aromatic carbocycles. The van der Waals surface area contributed by atoms with Gasteiger partial charge in [0.2, 0.25) is 0 Å². The predicted molar refractivity (Wildman–Crippen MR) is 84.2 cm³/mol. The molecule has 0 amide bonds. The normalized spacial score (nSPS) is 15.1. The summed E-state index contributed by atoms with van der Waals surface area (Å²) in [6.45, 7) is 8.26. The van der Waals surface area contributed by atoms with Gasteiger partial charge in [-0.1, -0.05) is 44.2 Å². The number of benzene rings is 1. The summed E-state index contributed by atoms with van der Waals surface area (Å²) in [5.74, 6) is 0. The minimum atomic E-state index is 0.113. The minimum absolute atomic E-state index is 0.113. The zero-order valence-electron chi connectivity index (χ0n) is 13.5. The van der Waals surface area contributed by atoms with Crippen LogP contribution in [-0.4, -0.2) is 39.5 Å². The maximum atomic E-state index is 5.37. The third kappa shape index (κ3) is 5.61. The van der Waals surface area contributed by atoms with E-state index in [1.54, 1.807) is 14.2 Å². The number of hydrogen-bond acceptors (Lipinski definition) is 3. The van der Waals surface area contributed by atoms with Gasteiger partial charge in [0.25, 0.3) is 0 Å². The van der Waals surface area contributed by atoms with Gasteiger partial charge in [-0.15, -0.1) is 0 Å². The number of rotatable bonds is 9. The fraction of sp³-hybridized carbons (Fsp3) is 0.647. The van der Waals surface area contributed by atoms with Crippen LogP contribution in [0.1, 0.15) is 32.8 Å². The second kappa shape index (κ2) is 8.40. The Morgan fingerprint density at radius 1 is 1.15 bits per heavy atom. The Kier molecular flexibility index (Phi) is 7.20. The zero-order chi connectivity index (χ0) is 15.0. The van der Waals surface area contributed by atoms with Crippen molar-refractivity contribution in [3.63, 3.8) is 0 Å². The van der Waals surface area contributed by atoms with Crippen LogP contribution < -0.4 is 5.32 Å². The fourth-order valence-corrected chi connectivity index (χ4v) is 2.57. The highest BCUT2D eigenvalue weighted by molar-refractivity contribution is 5.23. The Hall–Kier alpha value is -0.900. The van der Waals surface area contributed by atoms with Crippen molar-refractivity contribution < 1.29 is 9.47 Å². The number of nitrogens with one attached hydrogen (secondary N) is 1. The van der Waals surface area contributed by atoms with Gasteiger partial charge in [-0.05, 0) is 24.3 Å². The second-order valence-corrected chi connectivity index (χ2v) is 6.08. The van der Waals surface area contributed by atoms with Crippen molar-refractivity contribution in [2.24, 2.45) is 0 Å². The number of hydrogen-bond donors (Lipinski definition) is 1. The molecule has 0 aliphatic carbocycles. The lowest BCUT2D eigenvalue weighted by molar-refractivity contribution is 0.0272. The Morgan fingerprint density at radius 2 is 1.80 bits per heavy atom. The highest BCUT2D eigenvalue weighted by atomic mass is 16.5. The molecule has 0 bridgehead atoms. The number of ether oxygens (including phenoxy) is 2. The van der Waals surface area contributed by atoms with Crippen molar-refractivity contribution in [1.82, 2.24) is 5.32 Å². The Bertz CT molecular complexity index is 365.